The van der Waals surface area contributed by atoms with Crippen LogP contribution in [0.4, 0.5) is 0 Å². The van der Waals surface area contributed by atoms with Crippen LogP contribution in [0.25, 0.3) is 0 Å². The highest BCUT2D eigenvalue weighted by molar-refractivity contribution is 7.89. The summed E-state index contributed by atoms with van der Waals surface area (Å²) in [5.74, 6) is 0.880. The lowest BCUT2D eigenvalue weighted by molar-refractivity contribution is 0.0681. The summed E-state index contributed by atoms with van der Waals surface area (Å²) < 4.78 is 35.9. The van der Waals surface area contributed by atoms with Gasteiger partial charge in [-0.1, -0.05) is 90.4 Å². The highest BCUT2D eigenvalue weighted by atomic mass is 32.2. The standard InChI is InChI=1S/C28H49N3O5S/c1-3-4-5-6-7-8-9-10-11-12-13-14-15-16-23-37(33,34)30-29-28(31-19-21-36-22-20-31)25-17-18-26(32)27(24-25)35-2/h17-18,24,30,32H,3-16,19-23H2,1-2H3/b29-28-. The minimum atomic E-state index is -3.54. The van der Waals surface area contributed by atoms with Gasteiger partial charge in [0.15, 0.2) is 17.3 Å². The molecule has 1 aromatic rings. The molecular weight excluding hydrogens is 490 g/mol. The Bertz CT molecular complexity index is 886. The number of methoxy groups -OCH3 is 1. The minimum absolute atomic E-state index is 0.0194. The number of benzene rings is 1. The van der Waals surface area contributed by atoms with Crippen LogP contribution in [-0.2, 0) is 14.8 Å². The van der Waals surface area contributed by atoms with Crippen LogP contribution in [0.3, 0.4) is 0 Å². The van der Waals surface area contributed by atoms with Crippen molar-refractivity contribution in [2.24, 2.45) is 5.10 Å². The Balaban J connectivity index is 1.70. The normalized spacial score (nSPS) is 14.6. The van der Waals surface area contributed by atoms with Crippen LogP contribution in [0.2, 0.25) is 0 Å². The number of hydrogen-bond donors (Lipinski definition) is 2. The molecule has 1 saturated heterocycles. The van der Waals surface area contributed by atoms with Gasteiger partial charge in [-0.3, -0.25) is 0 Å². The molecule has 1 heterocycles. The molecule has 1 fully saturated rings. The topological polar surface area (TPSA) is 100 Å². The summed E-state index contributed by atoms with van der Waals surface area (Å²) in [4.78, 5) is 4.40. The average Bonchev–Trinajstić information content (AvgIpc) is 2.90. The Kier molecular flexibility index (Phi) is 15.4. The molecule has 0 atom stereocenters. The maximum absolute atomic E-state index is 12.6. The Morgan fingerprint density at radius 3 is 2.03 bits per heavy atom. The van der Waals surface area contributed by atoms with Gasteiger partial charge in [-0.25, -0.2) is 13.2 Å². The van der Waals surface area contributed by atoms with Crippen molar-refractivity contribution in [3.63, 3.8) is 0 Å². The largest absolute Gasteiger partial charge is 0.504 e. The van der Waals surface area contributed by atoms with Gasteiger partial charge in [0.1, 0.15) is 0 Å². The second-order valence-electron chi connectivity index (χ2n) is 9.93. The summed E-state index contributed by atoms with van der Waals surface area (Å²) in [6.45, 7) is 4.54. The molecular formula is C28H49N3O5S. The van der Waals surface area contributed by atoms with Crippen LogP contribution < -0.4 is 9.57 Å². The van der Waals surface area contributed by atoms with E-state index in [1.807, 2.05) is 4.90 Å². The van der Waals surface area contributed by atoms with Crippen LogP contribution in [0.15, 0.2) is 23.3 Å². The average molecular weight is 540 g/mol. The number of rotatable bonds is 19. The van der Waals surface area contributed by atoms with Gasteiger partial charge in [-0.15, -0.1) is 5.10 Å². The Morgan fingerprint density at radius 2 is 1.49 bits per heavy atom. The van der Waals surface area contributed by atoms with Crippen LogP contribution in [0.1, 0.15) is 102 Å². The molecule has 2 rings (SSSR count). The summed E-state index contributed by atoms with van der Waals surface area (Å²) >= 11 is 0. The molecule has 0 bridgehead atoms. The molecule has 0 spiro atoms. The number of phenols is 1. The van der Waals surface area contributed by atoms with E-state index in [0.717, 1.165) is 12.8 Å². The molecule has 1 aliphatic rings. The molecule has 0 aromatic heterocycles. The van der Waals surface area contributed by atoms with E-state index in [4.69, 9.17) is 9.47 Å². The number of phenolic OH excluding ortho intramolecular Hbond substituents is 1. The van der Waals surface area contributed by atoms with Gasteiger partial charge in [-0.05, 0) is 24.6 Å². The number of hydrazone groups is 1. The second kappa shape index (κ2) is 18.3. The SMILES string of the molecule is CCCCCCCCCCCCCCCCS(=O)(=O)N/N=C(/c1ccc(O)c(OC)c1)N1CCOCC1. The first-order chi connectivity index (χ1) is 18.0. The number of sulfonamides is 1. The van der Waals surface area contributed by atoms with Crippen molar-refractivity contribution in [3.8, 4) is 11.5 Å². The predicted octanol–water partition coefficient (Wildman–Crippen LogP) is 5.80. The highest BCUT2D eigenvalue weighted by Crippen LogP contribution is 2.27. The van der Waals surface area contributed by atoms with Crippen molar-refractivity contribution in [3.05, 3.63) is 23.8 Å². The number of aromatic hydroxyl groups is 1. The molecule has 0 aliphatic carbocycles. The van der Waals surface area contributed by atoms with E-state index in [-0.39, 0.29) is 11.5 Å². The fourth-order valence-electron chi connectivity index (χ4n) is 4.55. The molecule has 212 valence electrons. The summed E-state index contributed by atoms with van der Waals surface area (Å²) in [5, 5.41) is 14.2. The van der Waals surface area contributed by atoms with E-state index < -0.39 is 10.0 Å². The van der Waals surface area contributed by atoms with Gasteiger partial charge >= 0.3 is 0 Å². The van der Waals surface area contributed by atoms with E-state index in [9.17, 15) is 13.5 Å². The number of hydrogen-bond acceptors (Lipinski definition) is 6. The van der Waals surface area contributed by atoms with Crippen molar-refractivity contribution in [1.29, 1.82) is 0 Å². The zero-order valence-electron chi connectivity index (χ0n) is 23.0. The first-order valence-corrected chi connectivity index (χ1v) is 15.9. The quantitative estimate of drug-likeness (QED) is 0.0998. The Morgan fingerprint density at radius 1 is 0.946 bits per heavy atom. The van der Waals surface area contributed by atoms with Crippen molar-refractivity contribution in [1.82, 2.24) is 9.73 Å². The molecule has 0 amide bonds. The fourth-order valence-corrected chi connectivity index (χ4v) is 5.46. The van der Waals surface area contributed by atoms with Crippen molar-refractivity contribution in [2.45, 2.75) is 96.8 Å². The Labute approximate surface area is 224 Å². The van der Waals surface area contributed by atoms with Gasteiger partial charge in [0, 0.05) is 18.7 Å². The monoisotopic (exact) mass is 539 g/mol. The van der Waals surface area contributed by atoms with Crippen LogP contribution in [-0.4, -0.2) is 63.4 Å². The first kappa shape index (κ1) is 31.2. The van der Waals surface area contributed by atoms with Crippen molar-refractivity contribution in [2.75, 3.05) is 39.2 Å². The minimum Gasteiger partial charge on any atom is -0.504 e. The number of nitrogens with one attached hydrogen (secondary N) is 1. The molecule has 9 heteroatoms. The van der Waals surface area contributed by atoms with E-state index in [1.165, 1.54) is 83.8 Å². The van der Waals surface area contributed by atoms with Gasteiger partial charge < -0.3 is 19.5 Å². The molecule has 0 radical (unpaired) electrons. The lowest BCUT2D eigenvalue weighted by atomic mass is 10.0. The number of ether oxygens (including phenoxy) is 2. The number of unbranched alkanes of at least 4 members (excludes halogenated alkanes) is 13. The maximum atomic E-state index is 12.6. The first-order valence-electron chi connectivity index (χ1n) is 14.2. The zero-order chi connectivity index (χ0) is 26.8. The smallest absolute Gasteiger partial charge is 0.247 e. The lowest BCUT2D eigenvalue weighted by Crippen LogP contribution is -2.42. The molecule has 2 N–H and O–H groups in total. The van der Waals surface area contributed by atoms with E-state index in [0.29, 0.717) is 49.9 Å². The van der Waals surface area contributed by atoms with E-state index in [2.05, 4.69) is 16.9 Å². The fraction of sp³-hybridized carbons (Fsp3) is 0.750. The molecule has 1 aromatic carbocycles. The number of amidine groups is 1. The number of morpholine rings is 1. The van der Waals surface area contributed by atoms with E-state index in [1.54, 1.807) is 12.1 Å². The van der Waals surface area contributed by atoms with Gasteiger partial charge in [0.25, 0.3) is 0 Å². The number of nitrogens with zero attached hydrogens (tertiary/aromatic N) is 2. The second-order valence-corrected chi connectivity index (χ2v) is 11.7. The molecule has 0 unspecified atom stereocenters. The summed E-state index contributed by atoms with van der Waals surface area (Å²) in [5.41, 5.74) is 0.663. The van der Waals surface area contributed by atoms with Crippen LogP contribution in [0.5, 0.6) is 11.5 Å². The van der Waals surface area contributed by atoms with Gasteiger partial charge in [0.05, 0.1) is 26.1 Å². The predicted molar refractivity (Wildman–Crippen MR) is 151 cm³/mol. The highest BCUT2D eigenvalue weighted by Gasteiger charge is 2.20. The third-order valence-corrected chi connectivity index (χ3v) is 8.00. The van der Waals surface area contributed by atoms with Gasteiger partial charge in [0.2, 0.25) is 10.0 Å². The lowest BCUT2D eigenvalue weighted by Gasteiger charge is -2.30. The van der Waals surface area contributed by atoms with Crippen molar-refractivity contribution >= 4 is 15.9 Å². The molecule has 1 aliphatic heterocycles. The van der Waals surface area contributed by atoms with Crippen LogP contribution >= 0.6 is 0 Å². The third kappa shape index (κ3) is 12.9. The Hall–Kier alpha value is -2.00. The summed E-state index contributed by atoms with van der Waals surface area (Å²) in [6.07, 6.45) is 17.2. The molecule has 8 nitrogen and oxygen atoms in total. The molecule has 37 heavy (non-hydrogen) atoms. The third-order valence-electron chi connectivity index (χ3n) is 6.81. The molecule has 0 saturated carbocycles. The summed E-state index contributed by atoms with van der Waals surface area (Å²) in [6, 6.07) is 4.88. The maximum Gasteiger partial charge on any atom is 0.247 e. The summed E-state index contributed by atoms with van der Waals surface area (Å²) in [7, 11) is -2.06. The van der Waals surface area contributed by atoms with Crippen LogP contribution in [0, 0.1) is 0 Å². The van der Waals surface area contributed by atoms with Gasteiger partial charge in [-0.2, -0.15) is 0 Å². The van der Waals surface area contributed by atoms with Crippen molar-refractivity contribution < 1.29 is 23.0 Å². The zero-order valence-corrected chi connectivity index (χ0v) is 23.9. The van der Waals surface area contributed by atoms with E-state index >= 15 is 0 Å².